The average molecular weight is 211 g/mol. The van der Waals surface area contributed by atoms with Crippen molar-refractivity contribution < 1.29 is 0 Å². The van der Waals surface area contributed by atoms with Gasteiger partial charge in [-0.25, -0.2) is 4.37 Å². The van der Waals surface area contributed by atoms with Crippen molar-refractivity contribution in [2.24, 2.45) is 0 Å². The van der Waals surface area contributed by atoms with Crippen molar-refractivity contribution in [2.75, 3.05) is 0 Å². The normalized spacial score (nSPS) is 8.83. The minimum atomic E-state index is 1.22. The standard InChI is InChI=1S/C3H2INS/c4-3-1-5-6-2-3/h1-2H. The summed E-state index contributed by atoms with van der Waals surface area (Å²) < 4.78 is 5.08. The van der Waals surface area contributed by atoms with Crippen LogP contribution in [0.15, 0.2) is 11.6 Å². The van der Waals surface area contributed by atoms with Gasteiger partial charge in [-0.3, -0.25) is 0 Å². The maximum absolute atomic E-state index is 3.86. The van der Waals surface area contributed by atoms with E-state index in [1.54, 1.807) is 0 Å². The van der Waals surface area contributed by atoms with Gasteiger partial charge in [0.2, 0.25) is 0 Å². The van der Waals surface area contributed by atoms with Crippen molar-refractivity contribution in [2.45, 2.75) is 0 Å². The molecule has 0 fully saturated rings. The van der Waals surface area contributed by atoms with Gasteiger partial charge in [-0.05, 0) is 34.1 Å². The fraction of sp³-hybridized carbons (Fsp3) is 0. The van der Waals surface area contributed by atoms with E-state index in [9.17, 15) is 0 Å². The summed E-state index contributed by atoms with van der Waals surface area (Å²) >= 11 is 3.70. The lowest BCUT2D eigenvalue weighted by Gasteiger charge is -1.59. The van der Waals surface area contributed by atoms with Crippen LogP contribution in [0.25, 0.3) is 0 Å². The van der Waals surface area contributed by atoms with Crippen molar-refractivity contribution in [1.29, 1.82) is 0 Å². The molecular formula is C3H2INS. The first-order chi connectivity index (χ1) is 2.89. The van der Waals surface area contributed by atoms with Crippen LogP contribution in [0.4, 0.5) is 0 Å². The van der Waals surface area contributed by atoms with E-state index in [-0.39, 0.29) is 0 Å². The highest BCUT2D eigenvalue weighted by Crippen LogP contribution is 2.02. The Morgan fingerprint density at radius 1 is 1.83 bits per heavy atom. The van der Waals surface area contributed by atoms with Crippen LogP contribution in [-0.4, -0.2) is 4.37 Å². The first-order valence-corrected chi connectivity index (χ1v) is 3.36. The largest absolute Gasteiger partial charge is 0.200 e. The summed E-state index contributed by atoms with van der Waals surface area (Å²) in [6.07, 6.45) is 1.84. The van der Waals surface area contributed by atoms with Crippen LogP contribution >= 0.6 is 34.1 Å². The molecule has 0 atom stereocenters. The van der Waals surface area contributed by atoms with Crippen molar-refractivity contribution in [3.05, 3.63) is 15.1 Å². The third kappa shape index (κ3) is 0.909. The van der Waals surface area contributed by atoms with Gasteiger partial charge in [0.25, 0.3) is 0 Å². The summed E-state index contributed by atoms with van der Waals surface area (Å²) in [6.45, 7) is 0. The Hall–Kier alpha value is 0.360. The predicted molar refractivity (Wildman–Crippen MR) is 34.8 cm³/mol. The van der Waals surface area contributed by atoms with Gasteiger partial charge in [0, 0.05) is 8.95 Å². The van der Waals surface area contributed by atoms with E-state index in [1.807, 2.05) is 11.6 Å². The van der Waals surface area contributed by atoms with Gasteiger partial charge < -0.3 is 0 Å². The average Bonchev–Trinajstić information content (AvgIpc) is 1.86. The molecule has 32 valence electrons. The zero-order valence-electron chi connectivity index (χ0n) is 2.89. The number of rotatable bonds is 0. The highest BCUT2D eigenvalue weighted by Gasteiger charge is 1.78. The molecule has 1 rings (SSSR count). The molecule has 0 spiro atoms. The van der Waals surface area contributed by atoms with E-state index in [1.165, 1.54) is 15.1 Å². The van der Waals surface area contributed by atoms with Gasteiger partial charge >= 0.3 is 0 Å². The molecule has 1 heterocycles. The number of halogens is 1. The van der Waals surface area contributed by atoms with E-state index in [4.69, 9.17) is 0 Å². The minimum Gasteiger partial charge on any atom is -0.200 e. The molecule has 0 aliphatic rings. The highest BCUT2D eigenvalue weighted by atomic mass is 127. The highest BCUT2D eigenvalue weighted by molar-refractivity contribution is 14.1. The summed E-state index contributed by atoms with van der Waals surface area (Å²) in [5.41, 5.74) is 0. The number of hydrogen-bond donors (Lipinski definition) is 0. The Bertz CT molecular complexity index is 114. The quantitative estimate of drug-likeness (QED) is 0.595. The maximum Gasteiger partial charge on any atom is 0.0540 e. The lowest BCUT2D eigenvalue weighted by atomic mass is 10.8. The molecule has 0 saturated heterocycles. The summed E-state index contributed by atoms with van der Waals surface area (Å²) in [5, 5.41) is 2.00. The first kappa shape index (κ1) is 4.52. The minimum absolute atomic E-state index is 1.22. The Morgan fingerprint density at radius 2 is 2.67 bits per heavy atom. The summed E-state index contributed by atoms with van der Waals surface area (Å²) in [5.74, 6) is 0. The number of nitrogens with zero attached hydrogens (tertiary/aromatic N) is 1. The molecule has 1 aromatic rings. The molecule has 0 saturated carbocycles. The lowest BCUT2D eigenvalue weighted by Crippen LogP contribution is -1.47. The molecule has 3 heteroatoms. The second-order valence-electron chi connectivity index (χ2n) is 0.843. The number of hydrogen-bond acceptors (Lipinski definition) is 2. The van der Waals surface area contributed by atoms with E-state index in [2.05, 4.69) is 27.0 Å². The van der Waals surface area contributed by atoms with E-state index in [0.29, 0.717) is 0 Å². The van der Waals surface area contributed by atoms with Crippen molar-refractivity contribution in [3.63, 3.8) is 0 Å². The van der Waals surface area contributed by atoms with Crippen LogP contribution in [0.5, 0.6) is 0 Å². The van der Waals surface area contributed by atoms with Crippen LogP contribution < -0.4 is 0 Å². The second kappa shape index (κ2) is 1.88. The van der Waals surface area contributed by atoms with E-state index in [0.717, 1.165) is 0 Å². The second-order valence-corrected chi connectivity index (χ2v) is 2.75. The lowest BCUT2D eigenvalue weighted by molar-refractivity contribution is 1.56. The molecule has 0 N–H and O–H groups in total. The molecule has 0 amide bonds. The Morgan fingerprint density at radius 3 is 2.83 bits per heavy atom. The number of aromatic nitrogens is 1. The molecule has 0 aliphatic heterocycles. The van der Waals surface area contributed by atoms with Crippen LogP contribution in [0, 0.1) is 3.57 Å². The van der Waals surface area contributed by atoms with Crippen molar-refractivity contribution in [3.8, 4) is 0 Å². The van der Waals surface area contributed by atoms with Gasteiger partial charge in [-0.2, -0.15) is 0 Å². The van der Waals surface area contributed by atoms with Crippen LogP contribution in [-0.2, 0) is 0 Å². The van der Waals surface area contributed by atoms with Gasteiger partial charge in [0.05, 0.1) is 6.20 Å². The Balaban J connectivity index is 3.05. The van der Waals surface area contributed by atoms with Gasteiger partial charge in [-0.1, -0.05) is 0 Å². The predicted octanol–water partition coefficient (Wildman–Crippen LogP) is 1.75. The SMILES string of the molecule is Ic1cnsc1. The Kier molecular flexibility index (Phi) is 1.42. The molecule has 1 aromatic heterocycles. The first-order valence-electron chi connectivity index (χ1n) is 1.44. The molecule has 1 nitrogen and oxygen atoms in total. The summed E-state index contributed by atoms with van der Waals surface area (Å²) in [4.78, 5) is 0. The van der Waals surface area contributed by atoms with Crippen LogP contribution in [0.1, 0.15) is 0 Å². The molecule has 0 radical (unpaired) electrons. The third-order valence-electron chi connectivity index (χ3n) is 0.402. The topological polar surface area (TPSA) is 12.9 Å². The zero-order chi connectivity index (χ0) is 4.41. The molecule has 0 unspecified atom stereocenters. The van der Waals surface area contributed by atoms with Crippen LogP contribution in [0.3, 0.4) is 0 Å². The van der Waals surface area contributed by atoms with Crippen molar-refractivity contribution in [1.82, 2.24) is 4.37 Å². The van der Waals surface area contributed by atoms with Crippen LogP contribution in [0.2, 0.25) is 0 Å². The fourth-order valence-electron chi connectivity index (χ4n) is 0.192. The third-order valence-corrected chi connectivity index (χ3v) is 2.00. The zero-order valence-corrected chi connectivity index (χ0v) is 5.86. The van der Waals surface area contributed by atoms with Gasteiger partial charge in [0.15, 0.2) is 0 Å². The monoisotopic (exact) mass is 211 g/mol. The fourth-order valence-corrected chi connectivity index (χ4v) is 1.26. The maximum atomic E-state index is 3.86. The summed E-state index contributed by atoms with van der Waals surface area (Å²) in [7, 11) is 0. The molecule has 0 aromatic carbocycles. The smallest absolute Gasteiger partial charge is 0.0540 e. The summed E-state index contributed by atoms with van der Waals surface area (Å²) in [6, 6.07) is 0. The molecular weight excluding hydrogens is 209 g/mol. The van der Waals surface area contributed by atoms with Gasteiger partial charge in [-0.15, -0.1) is 0 Å². The molecule has 6 heavy (non-hydrogen) atoms. The molecule has 0 bridgehead atoms. The molecule has 0 aliphatic carbocycles. The van der Waals surface area contributed by atoms with Gasteiger partial charge in [0.1, 0.15) is 0 Å². The Labute approximate surface area is 53.7 Å². The van der Waals surface area contributed by atoms with E-state index < -0.39 is 0 Å². The van der Waals surface area contributed by atoms with E-state index >= 15 is 0 Å². The van der Waals surface area contributed by atoms with Crippen molar-refractivity contribution >= 4 is 34.1 Å².